The minimum Gasteiger partial charge on any atom is -0.374 e. The van der Waals surface area contributed by atoms with Gasteiger partial charge in [0.2, 0.25) is 0 Å². The number of nitrogens with zero attached hydrogens (tertiary/aromatic N) is 1. The molecule has 2 N–H and O–H groups in total. The summed E-state index contributed by atoms with van der Waals surface area (Å²) in [6.07, 6.45) is 0.333. The minimum absolute atomic E-state index is 0.0634. The fraction of sp³-hybridized carbons (Fsp3) is 0.500. The molecule has 0 atom stereocenters. The first-order chi connectivity index (χ1) is 7.20. The summed E-state index contributed by atoms with van der Waals surface area (Å²) in [5.41, 5.74) is 0.392. The van der Waals surface area contributed by atoms with Gasteiger partial charge in [-0.05, 0) is 0 Å². The number of aromatic amines is 1. The monoisotopic (exact) mass is 219 g/mol. The molecule has 0 aliphatic carbocycles. The Kier molecular flexibility index (Phi) is 4.69. The molecule has 5 nitrogen and oxygen atoms in total. The van der Waals surface area contributed by atoms with E-state index in [-0.39, 0.29) is 19.1 Å². The fourth-order valence-corrected chi connectivity index (χ4v) is 0.886. The number of H-pyrrole nitrogens is 1. The van der Waals surface area contributed by atoms with Crippen molar-refractivity contribution in [1.29, 1.82) is 0 Å². The summed E-state index contributed by atoms with van der Waals surface area (Å²) in [4.78, 5) is 11.2. The first kappa shape index (κ1) is 11.6. The van der Waals surface area contributed by atoms with Gasteiger partial charge in [0.15, 0.2) is 0 Å². The Bertz CT molecular complexity index is 290. The number of aromatic nitrogens is 2. The number of carbonyl (C=O) groups excluding carboxylic acids is 1. The van der Waals surface area contributed by atoms with Crippen molar-refractivity contribution in [3.8, 4) is 0 Å². The van der Waals surface area contributed by atoms with E-state index >= 15 is 0 Å². The first-order valence-corrected chi connectivity index (χ1v) is 4.33. The number of rotatable bonds is 6. The number of hydrogen-bond acceptors (Lipinski definition) is 3. The van der Waals surface area contributed by atoms with Crippen molar-refractivity contribution in [2.24, 2.45) is 0 Å². The molecule has 0 unspecified atom stereocenters. The Hall–Kier alpha value is -1.50. The molecule has 1 rings (SSSR count). The van der Waals surface area contributed by atoms with Gasteiger partial charge < -0.3 is 10.1 Å². The van der Waals surface area contributed by atoms with Crippen LogP contribution >= 0.6 is 0 Å². The molecule has 7 heteroatoms. The van der Waals surface area contributed by atoms with Crippen LogP contribution in [0.2, 0.25) is 0 Å². The van der Waals surface area contributed by atoms with E-state index in [1.54, 1.807) is 0 Å². The van der Waals surface area contributed by atoms with Crippen LogP contribution < -0.4 is 5.32 Å². The highest BCUT2D eigenvalue weighted by molar-refractivity contribution is 5.93. The van der Waals surface area contributed by atoms with Crippen LogP contribution in [0.3, 0.4) is 0 Å². The van der Waals surface area contributed by atoms with Crippen LogP contribution in [-0.4, -0.2) is 42.3 Å². The maximum absolute atomic E-state index is 11.6. The number of halogens is 2. The number of hydrogen-bond donors (Lipinski definition) is 2. The molecule has 0 saturated carbocycles. The van der Waals surface area contributed by atoms with Crippen LogP contribution in [-0.2, 0) is 4.74 Å². The normalized spacial score (nSPS) is 10.6. The van der Waals surface area contributed by atoms with E-state index in [2.05, 4.69) is 20.3 Å². The van der Waals surface area contributed by atoms with Crippen LogP contribution in [0.25, 0.3) is 0 Å². The Morgan fingerprint density at radius 3 is 3.07 bits per heavy atom. The number of carbonyl (C=O) groups is 1. The van der Waals surface area contributed by atoms with Crippen molar-refractivity contribution in [1.82, 2.24) is 15.5 Å². The summed E-state index contributed by atoms with van der Waals surface area (Å²) in [6.45, 7) is -0.355. The molecule has 1 aromatic rings. The molecular weight excluding hydrogens is 208 g/mol. The van der Waals surface area contributed by atoms with Crippen molar-refractivity contribution in [2.75, 3.05) is 19.8 Å². The molecule has 1 amide bonds. The Labute approximate surface area is 84.8 Å². The second kappa shape index (κ2) is 6.07. The van der Waals surface area contributed by atoms with Gasteiger partial charge in [-0.25, -0.2) is 8.78 Å². The third-order valence-electron chi connectivity index (χ3n) is 1.54. The van der Waals surface area contributed by atoms with Crippen molar-refractivity contribution in [2.45, 2.75) is 6.43 Å². The smallest absolute Gasteiger partial charge is 0.261 e. The van der Waals surface area contributed by atoms with E-state index in [0.29, 0.717) is 5.56 Å². The van der Waals surface area contributed by atoms with Gasteiger partial charge in [0, 0.05) is 12.7 Å². The van der Waals surface area contributed by atoms with Gasteiger partial charge in [0.1, 0.15) is 6.61 Å². The third-order valence-corrected chi connectivity index (χ3v) is 1.54. The van der Waals surface area contributed by atoms with Crippen LogP contribution in [0.4, 0.5) is 8.78 Å². The van der Waals surface area contributed by atoms with Gasteiger partial charge in [0.25, 0.3) is 12.3 Å². The standard InChI is InChI=1S/C8H11F2N3O2/c9-7(10)5-15-2-1-11-8(14)6-3-12-13-4-6/h3-4,7H,1-2,5H2,(H,11,14)(H,12,13). The molecule has 84 valence electrons. The lowest BCUT2D eigenvalue weighted by atomic mass is 10.3. The van der Waals surface area contributed by atoms with E-state index in [1.807, 2.05) is 0 Å². The van der Waals surface area contributed by atoms with Gasteiger partial charge in [-0.2, -0.15) is 5.10 Å². The summed E-state index contributed by atoms with van der Waals surface area (Å²) in [5.74, 6) is -0.315. The molecule has 0 radical (unpaired) electrons. The second-order valence-corrected chi connectivity index (χ2v) is 2.71. The van der Waals surface area contributed by atoms with Crippen LogP contribution in [0.15, 0.2) is 12.4 Å². The van der Waals surface area contributed by atoms with E-state index in [0.717, 1.165) is 0 Å². The fourth-order valence-electron chi connectivity index (χ4n) is 0.886. The van der Waals surface area contributed by atoms with Crippen molar-refractivity contribution >= 4 is 5.91 Å². The Morgan fingerprint density at radius 2 is 2.47 bits per heavy atom. The number of ether oxygens (including phenoxy) is 1. The third kappa shape index (κ3) is 4.50. The van der Waals surface area contributed by atoms with Gasteiger partial charge in [-0.1, -0.05) is 0 Å². The summed E-state index contributed by atoms with van der Waals surface area (Å²) in [5, 5.41) is 8.57. The zero-order valence-electron chi connectivity index (χ0n) is 7.87. The summed E-state index contributed by atoms with van der Waals surface area (Å²) < 4.78 is 27.8. The highest BCUT2D eigenvalue weighted by Gasteiger charge is 2.05. The van der Waals surface area contributed by atoms with Crippen molar-refractivity contribution < 1.29 is 18.3 Å². The van der Waals surface area contributed by atoms with Gasteiger partial charge in [0.05, 0.1) is 18.4 Å². The zero-order valence-corrected chi connectivity index (χ0v) is 7.87. The molecule has 0 aromatic carbocycles. The average molecular weight is 219 g/mol. The molecule has 15 heavy (non-hydrogen) atoms. The Morgan fingerprint density at radius 1 is 1.67 bits per heavy atom. The van der Waals surface area contributed by atoms with E-state index in [1.165, 1.54) is 12.4 Å². The highest BCUT2D eigenvalue weighted by atomic mass is 19.3. The lowest BCUT2D eigenvalue weighted by Crippen LogP contribution is -2.27. The predicted octanol–water partition coefficient (Wildman–Crippen LogP) is 0.421. The maximum atomic E-state index is 11.6. The summed E-state index contributed by atoms with van der Waals surface area (Å²) >= 11 is 0. The van der Waals surface area contributed by atoms with Gasteiger partial charge >= 0.3 is 0 Å². The van der Waals surface area contributed by atoms with Crippen LogP contribution in [0.5, 0.6) is 0 Å². The first-order valence-electron chi connectivity index (χ1n) is 4.33. The molecule has 0 bridgehead atoms. The number of nitrogens with one attached hydrogen (secondary N) is 2. The average Bonchev–Trinajstić information content (AvgIpc) is 2.69. The SMILES string of the molecule is O=C(NCCOCC(F)F)c1cn[nH]c1. The highest BCUT2D eigenvalue weighted by Crippen LogP contribution is 1.93. The zero-order chi connectivity index (χ0) is 11.1. The molecule has 0 aliphatic rings. The topological polar surface area (TPSA) is 67.0 Å². The quantitative estimate of drug-likeness (QED) is 0.681. The molecule has 0 saturated heterocycles. The largest absolute Gasteiger partial charge is 0.374 e. The van der Waals surface area contributed by atoms with Crippen LogP contribution in [0, 0.1) is 0 Å². The molecule has 0 aliphatic heterocycles. The second-order valence-electron chi connectivity index (χ2n) is 2.71. The van der Waals surface area contributed by atoms with E-state index < -0.39 is 13.0 Å². The van der Waals surface area contributed by atoms with E-state index in [4.69, 9.17) is 0 Å². The predicted molar refractivity (Wildman–Crippen MR) is 47.7 cm³/mol. The minimum atomic E-state index is -2.48. The molecule has 1 aromatic heterocycles. The summed E-state index contributed by atoms with van der Waals surface area (Å²) in [7, 11) is 0. The Balaban J connectivity index is 2.08. The van der Waals surface area contributed by atoms with E-state index in [9.17, 15) is 13.6 Å². The number of amides is 1. The molecular formula is C8H11F2N3O2. The van der Waals surface area contributed by atoms with Crippen molar-refractivity contribution in [3.63, 3.8) is 0 Å². The lowest BCUT2D eigenvalue weighted by Gasteiger charge is -2.04. The molecule has 0 spiro atoms. The molecule has 0 fully saturated rings. The van der Waals surface area contributed by atoms with Gasteiger partial charge in [-0.15, -0.1) is 0 Å². The van der Waals surface area contributed by atoms with Gasteiger partial charge in [-0.3, -0.25) is 9.89 Å². The lowest BCUT2D eigenvalue weighted by molar-refractivity contribution is 0.0188. The number of alkyl halides is 2. The molecule has 1 heterocycles. The van der Waals surface area contributed by atoms with Crippen LogP contribution in [0.1, 0.15) is 10.4 Å². The maximum Gasteiger partial charge on any atom is 0.261 e. The van der Waals surface area contributed by atoms with Crippen molar-refractivity contribution in [3.05, 3.63) is 18.0 Å². The summed E-state index contributed by atoms with van der Waals surface area (Å²) in [6, 6.07) is 0.